The summed E-state index contributed by atoms with van der Waals surface area (Å²) < 4.78 is 16.1. The zero-order valence-electron chi connectivity index (χ0n) is 14.6. The number of carbonyl (C=O) groups is 1. The van der Waals surface area contributed by atoms with Gasteiger partial charge in [-0.2, -0.15) is 5.10 Å². The van der Waals surface area contributed by atoms with E-state index in [0.29, 0.717) is 11.5 Å². The number of amides is 1. The van der Waals surface area contributed by atoms with Crippen molar-refractivity contribution in [2.45, 2.75) is 9.99 Å². The van der Waals surface area contributed by atoms with Gasteiger partial charge in [0.15, 0.2) is 11.7 Å². The van der Waals surface area contributed by atoms with Gasteiger partial charge in [-0.05, 0) is 48.5 Å². The highest BCUT2D eigenvalue weighted by Gasteiger charge is 2.04. The number of hydrazone groups is 1. The Morgan fingerprint density at radius 1 is 1.07 bits per heavy atom. The largest absolute Gasteiger partial charge is 0.497 e. The molecular formula is C20H18N2O4S. The molecule has 0 atom stereocenters. The smallest absolute Gasteiger partial charge is 0.277 e. The van der Waals surface area contributed by atoms with Crippen LogP contribution in [0.15, 0.2) is 86.2 Å². The van der Waals surface area contributed by atoms with Crippen molar-refractivity contribution in [1.82, 2.24) is 5.43 Å². The highest BCUT2D eigenvalue weighted by Crippen LogP contribution is 2.28. The van der Waals surface area contributed by atoms with Crippen molar-refractivity contribution < 1.29 is 18.7 Å². The van der Waals surface area contributed by atoms with Crippen LogP contribution in [0.4, 0.5) is 0 Å². The Morgan fingerprint density at radius 2 is 1.81 bits per heavy atom. The number of rotatable bonds is 8. The quantitative estimate of drug-likeness (QED) is 0.471. The fourth-order valence-corrected chi connectivity index (χ4v) is 2.88. The molecular weight excluding hydrogens is 364 g/mol. The van der Waals surface area contributed by atoms with Crippen LogP contribution in [-0.2, 0) is 4.79 Å². The van der Waals surface area contributed by atoms with E-state index in [4.69, 9.17) is 13.9 Å². The van der Waals surface area contributed by atoms with Crippen LogP contribution in [0.25, 0.3) is 0 Å². The van der Waals surface area contributed by atoms with Crippen LogP contribution >= 0.6 is 11.8 Å². The van der Waals surface area contributed by atoms with Crippen LogP contribution in [-0.4, -0.2) is 25.8 Å². The molecule has 1 heterocycles. The lowest BCUT2D eigenvalue weighted by Gasteiger charge is -2.05. The van der Waals surface area contributed by atoms with E-state index >= 15 is 0 Å². The zero-order chi connectivity index (χ0) is 18.9. The molecule has 1 amide bonds. The number of nitrogens with zero attached hydrogens (tertiary/aromatic N) is 1. The molecule has 0 aliphatic rings. The number of methoxy groups -OCH3 is 1. The van der Waals surface area contributed by atoms with Gasteiger partial charge in [-0.1, -0.05) is 30.0 Å². The van der Waals surface area contributed by atoms with Crippen LogP contribution in [0.2, 0.25) is 0 Å². The molecule has 6 nitrogen and oxygen atoms in total. The normalized spacial score (nSPS) is 10.7. The first kappa shape index (κ1) is 18.6. The van der Waals surface area contributed by atoms with Gasteiger partial charge >= 0.3 is 0 Å². The van der Waals surface area contributed by atoms with Gasteiger partial charge in [0.05, 0.1) is 13.3 Å². The summed E-state index contributed by atoms with van der Waals surface area (Å²) in [5.41, 5.74) is 2.40. The van der Waals surface area contributed by atoms with E-state index < -0.39 is 0 Å². The van der Waals surface area contributed by atoms with Crippen molar-refractivity contribution in [3.8, 4) is 11.5 Å². The number of nitrogens with one attached hydrogen (secondary N) is 1. The number of benzene rings is 2. The Kier molecular flexibility index (Phi) is 6.54. The van der Waals surface area contributed by atoms with Gasteiger partial charge in [0.2, 0.25) is 0 Å². The van der Waals surface area contributed by atoms with Gasteiger partial charge < -0.3 is 13.9 Å². The van der Waals surface area contributed by atoms with Crippen molar-refractivity contribution >= 4 is 23.9 Å². The number of carbonyl (C=O) groups excluding carboxylic acids is 1. The third-order valence-corrected chi connectivity index (χ3v) is 4.30. The second-order valence-corrected chi connectivity index (χ2v) is 6.41. The molecule has 7 heteroatoms. The third-order valence-electron chi connectivity index (χ3n) is 3.37. The third kappa shape index (κ3) is 5.93. The standard InChI is InChI=1S/C20H18N2O4S/c1-24-15-7-9-16(10-8-15)25-14-19(23)22-21-13-17-11-12-20(26-17)27-18-5-3-2-4-6-18/h2-13H,14H2,1H3,(H,22,23)/b21-13+. The van der Waals surface area contributed by atoms with Crippen molar-refractivity contribution in [1.29, 1.82) is 0 Å². The maximum atomic E-state index is 11.8. The van der Waals surface area contributed by atoms with Gasteiger partial charge in [-0.3, -0.25) is 4.79 Å². The summed E-state index contributed by atoms with van der Waals surface area (Å²) >= 11 is 1.51. The lowest BCUT2D eigenvalue weighted by Crippen LogP contribution is -2.24. The van der Waals surface area contributed by atoms with Crippen LogP contribution < -0.4 is 14.9 Å². The maximum Gasteiger partial charge on any atom is 0.277 e. The molecule has 1 N–H and O–H groups in total. The van der Waals surface area contributed by atoms with Crippen molar-refractivity contribution in [2.75, 3.05) is 13.7 Å². The van der Waals surface area contributed by atoms with Crippen LogP contribution in [0.5, 0.6) is 11.5 Å². The van der Waals surface area contributed by atoms with Crippen molar-refractivity contribution in [2.24, 2.45) is 5.10 Å². The summed E-state index contributed by atoms with van der Waals surface area (Å²) in [5.74, 6) is 1.47. The monoisotopic (exact) mass is 382 g/mol. The Hall–Kier alpha value is -3.19. The highest BCUT2D eigenvalue weighted by molar-refractivity contribution is 7.99. The minimum Gasteiger partial charge on any atom is -0.497 e. The Balaban J connectivity index is 1.43. The average molecular weight is 382 g/mol. The van der Waals surface area contributed by atoms with Crippen LogP contribution in [0, 0.1) is 0 Å². The van der Waals surface area contributed by atoms with Gasteiger partial charge in [0.1, 0.15) is 17.3 Å². The van der Waals surface area contributed by atoms with E-state index in [9.17, 15) is 4.79 Å². The van der Waals surface area contributed by atoms with Crippen LogP contribution in [0.3, 0.4) is 0 Å². The fourth-order valence-electron chi connectivity index (χ4n) is 2.08. The minimum atomic E-state index is -0.368. The summed E-state index contributed by atoms with van der Waals surface area (Å²) in [4.78, 5) is 12.8. The first-order valence-corrected chi connectivity index (χ1v) is 8.96. The summed E-state index contributed by atoms with van der Waals surface area (Å²) in [7, 11) is 1.59. The Bertz CT molecular complexity index is 892. The molecule has 0 unspecified atom stereocenters. The van der Waals surface area contributed by atoms with E-state index in [-0.39, 0.29) is 12.5 Å². The van der Waals surface area contributed by atoms with E-state index in [1.165, 1.54) is 18.0 Å². The summed E-state index contributed by atoms with van der Waals surface area (Å²) in [5, 5.41) is 4.62. The SMILES string of the molecule is COc1ccc(OCC(=O)N/N=C/c2ccc(Sc3ccccc3)o2)cc1. The Labute approximate surface area is 161 Å². The topological polar surface area (TPSA) is 73.1 Å². The maximum absolute atomic E-state index is 11.8. The van der Waals surface area contributed by atoms with Gasteiger partial charge in [0.25, 0.3) is 5.91 Å². The predicted octanol–water partition coefficient (Wildman–Crippen LogP) is 3.97. The summed E-state index contributed by atoms with van der Waals surface area (Å²) in [6.45, 7) is -0.142. The van der Waals surface area contributed by atoms with Crippen molar-refractivity contribution in [3.05, 3.63) is 72.5 Å². The number of hydrogen-bond donors (Lipinski definition) is 1. The molecule has 0 radical (unpaired) electrons. The first-order valence-electron chi connectivity index (χ1n) is 8.14. The number of ether oxygens (including phenoxy) is 2. The molecule has 0 saturated heterocycles. The molecule has 0 spiro atoms. The molecule has 2 aromatic carbocycles. The number of furan rings is 1. The molecule has 138 valence electrons. The van der Waals surface area contributed by atoms with Crippen molar-refractivity contribution in [3.63, 3.8) is 0 Å². The summed E-state index contributed by atoms with van der Waals surface area (Å²) in [6, 6.07) is 20.5. The van der Waals surface area contributed by atoms with Gasteiger partial charge in [0, 0.05) is 4.90 Å². The van der Waals surface area contributed by atoms with Gasteiger partial charge in [-0.25, -0.2) is 5.43 Å². The lowest BCUT2D eigenvalue weighted by molar-refractivity contribution is -0.123. The molecule has 3 aromatic rings. The first-order chi connectivity index (χ1) is 13.2. The molecule has 0 aliphatic carbocycles. The second-order valence-electron chi connectivity index (χ2n) is 5.33. The molecule has 27 heavy (non-hydrogen) atoms. The minimum absolute atomic E-state index is 0.142. The number of hydrogen-bond acceptors (Lipinski definition) is 6. The van der Waals surface area contributed by atoms with E-state index in [0.717, 1.165) is 15.7 Å². The predicted molar refractivity (Wildman–Crippen MR) is 103 cm³/mol. The molecule has 0 aliphatic heterocycles. The molecule has 0 saturated carbocycles. The highest BCUT2D eigenvalue weighted by atomic mass is 32.2. The van der Waals surface area contributed by atoms with Crippen LogP contribution in [0.1, 0.15) is 5.76 Å². The van der Waals surface area contributed by atoms with Gasteiger partial charge in [-0.15, -0.1) is 0 Å². The molecule has 0 fully saturated rings. The molecule has 3 rings (SSSR count). The lowest BCUT2D eigenvalue weighted by atomic mass is 10.3. The molecule has 1 aromatic heterocycles. The van der Waals surface area contributed by atoms with E-state index in [2.05, 4.69) is 10.5 Å². The second kappa shape index (κ2) is 9.49. The fraction of sp³-hybridized carbons (Fsp3) is 0.100. The summed E-state index contributed by atoms with van der Waals surface area (Å²) in [6.07, 6.45) is 1.44. The Morgan fingerprint density at radius 3 is 2.56 bits per heavy atom. The zero-order valence-corrected chi connectivity index (χ0v) is 15.4. The molecule has 0 bridgehead atoms. The average Bonchev–Trinajstić information content (AvgIpc) is 3.14. The van der Waals surface area contributed by atoms with E-state index in [1.54, 1.807) is 37.4 Å². The van der Waals surface area contributed by atoms with E-state index in [1.807, 2.05) is 36.4 Å².